The van der Waals surface area contributed by atoms with Gasteiger partial charge in [0.1, 0.15) is 5.75 Å². The highest BCUT2D eigenvalue weighted by Crippen LogP contribution is 2.24. The smallest absolute Gasteiger partial charge is 0.387 e. The summed E-state index contributed by atoms with van der Waals surface area (Å²) in [6, 6.07) is 15.7. The molecule has 1 heterocycles. The van der Waals surface area contributed by atoms with Gasteiger partial charge in [-0.05, 0) is 36.1 Å². The predicted molar refractivity (Wildman–Crippen MR) is 103 cm³/mol. The Labute approximate surface area is 164 Å². The molecule has 0 saturated carbocycles. The molecule has 1 amide bonds. The largest absolute Gasteiger partial charge is 0.435 e. The molecule has 1 aliphatic heterocycles. The molecule has 1 unspecified atom stereocenters. The van der Waals surface area contributed by atoms with Crippen LogP contribution in [0.15, 0.2) is 54.6 Å². The molecule has 28 heavy (non-hydrogen) atoms. The number of amides is 1. The number of hydrogen-bond acceptors (Lipinski definition) is 2. The summed E-state index contributed by atoms with van der Waals surface area (Å²) in [7, 11) is 0. The van der Waals surface area contributed by atoms with Crippen molar-refractivity contribution in [2.75, 3.05) is 19.6 Å². The second-order valence-corrected chi connectivity index (χ2v) is 7.49. The minimum Gasteiger partial charge on any atom is -0.435 e. The molecule has 1 fully saturated rings. The van der Waals surface area contributed by atoms with E-state index in [1.807, 2.05) is 30.3 Å². The van der Waals surface area contributed by atoms with Crippen LogP contribution >= 0.6 is 0 Å². The van der Waals surface area contributed by atoms with Gasteiger partial charge in [0, 0.05) is 5.92 Å². The molecular formula is C22H27F2N2O2+. The van der Waals surface area contributed by atoms with Gasteiger partial charge in [-0.2, -0.15) is 8.78 Å². The molecule has 3 atom stereocenters. The molecular weight excluding hydrogens is 362 g/mol. The van der Waals surface area contributed by atoms with Crippen molar-refractivity contribution in [1.29, 1.82) is 0 Å². The number of likely N-dealkylation sites (tertiary alicyclic amines) is 1. The first-order valence-electron chi connectivity index (χ1n) is 9.74. The Morgan fingerprint density at radius 2 is 1.82 bits per heavy atom. The first-order valence-corrected chi connectivity index (χ1v) is 9.74. The van der Waals surface area contributed by atoms with Gasteiger partial charge in [-0.3, -0.25) is 4.79 Å². The molecule has 2 aromatic rings. The Balaban J connectivity index is 1.73. The van der Waals surface area contributed by atoms with Crippen LogP contribution in [0.2, 0.25) is 0 Å². The van der Waals surface area contributed by atoms with Crippen LogP contribution in [0.1, 0.15) is 36.9 Å². The fourth-order valence-corrected chi connectivity index (χ4v) is 3.84. The highest BCUT2D eigenvalue weighted by Gasteiger charge is 2.24. The standard InChI is InChI=1S/C22H26F2N2O2/c1-16-6-5-13-26(14-16)15-20(27)25-21(17-7-3-2-4-8-17)18-9-11-19(12-10-18)28-22(23)24/h2-4,7-12,16,21-22H,5-6,13-15H2,1H3,(H,25,27)/p+1/t16-,21-/m0/s1. The van der Waals surface area contributed by atoms with Crippen molar-refractivity contribution in [3.8, 4) is 5.75 Å². The first kappa shape index (κ1) is 20.3. The van der Waals surface area contributed by atoms with Crippen molar-refractivity contribution in [2.24, 2.45) is 5.92 Å². The number of carbonyl (C=O) groups is 1. The zero-order valence-corrected chi connectivity index (χ0v) is 16.0. The maximum absolute atomic E-state index is 12.7. The third kappa shape index (κ3) is 5.76. The van der Waals surface area contributed by atoms with E-state index in [2.05, 4.69) is 17.0 Å². The van der Waals surface area contributed by atoms with Crippen LogP contribution in [0.3, 0.4) is 0 Å². The Hall–Kier alpha value is -2.47. The number of hydrogen-bond donors (Lipinski definition) is 2. The van der Waals surface area contributed by atoms with E-state index < -0.39 is 6.61 Å². The maximum Gasteiger partial charge on any atom is 0.387 e. The molecule has 2 N–H and O–H groups in total. The number of quaternary nitrogens is 1. The summed E-state index contributed by atoms with van der Waals surface area (Å²) in [5, 5.41) is 3.12. The molecule has 4 nitrogen and oxygen atoms in total. The van der Waals surface area contributed by atoms with E-state index in [0.29, 0.717) is 12.5 Å². The number of ether oxygens (including phenoxy) is 1. The molecule has 150 valence electrons. The maximum atomic E-state index is 12.7. The van der Waals surface area contributed by atoms with Crippen LogP contribution < -0.4 is 15.0 Å². The van der Waals surface area contributed by atoms with Crippen LogP contribution in [0.25, 0.3) is 0 Å². The minimum absolute atomic E-state index is 0.00846. The molecule has 0 radical (unpaired) electrons. The summed E-state index contributed by atoms with van der Waals surface area (Å²) >= 11 is 0. The Morgan fingerprint density at radius 3 is 2.46 bits per heavy atom. The van der Waals surface area contributed by atoms with Crippen LogP contribution in [0.4, 0.5) is 8.78 Å². The fourth-order valence-electron chi connectivity index (χ4n) is 3.84. The summed E-state index contributed by atoms with van der Waals surface area (Å²) in [6.45, 7) is 1.86. The average molecular weight is 389 g/mol. The SMILES string of the molecule is C[C@H]1CCC[NH+](CC(=O)N[C@@H](c2ccccc2)c2ccc(OC(F)F)cc2)C1. The third-order valence-electron chi connectivity index (χ3n) is 5.15. The second kappa shape index (κ2) is 9.64. The van der Waals surface area contributed by atoms with E-state index in [-0.39, 0.29) is 17.7 Å². The van der Waals surface area contributed by atoms with Gasteiger partial charge < -0.3 is 15.0 Å². The lowest BCUT2D eigenvalue weighted by Crippen LogP contribution is -3.14. The molecule has 0 bridgehead atoms. The van der Waals surface area contributed by atoms with Gasteiger partial charge in [-0.1, -0.05) is 49.4 Å². The topological polar surface area (TPSA) is 42.8 Å². The van der Waals surface area contributed by atoms with Crippen LogP contribution in [0, 0.1) is 5.92 Å². The highest BCUT2D eigenvalue weighted by atomic mass is 19.3. The van der Waals surface area contributed by atoms with E-state index in [4.69, 9.17) is 0 Å². The average Bonchev–Trinajstić information content (AvgIpc) is 2.67. The predicted octanol–water partition coefficient (Wildman–Crippen LogP) is 2.81. The number of alkyl halides is 2. The number of benzene rings is 2. The lowest BCUT2D eigenvalue weighted by molar-refractivity contribution is -0.900. The number of nitrogens with one attached hydrogen (secondary N) is 2. The van der Waals surface area contributed by atoms with Crippen molar-refractivity contribution in [2.45, 2.75) is 32.4 Å². The van der Waals surface area contributed by atoms with Crippen LogP contribution in [-0.2, 0) is 4.79 Å². The van der Waals surface area contributed by atoms with Gasteiger partial charge in [0.05, 0.1) is 19.1 Å². The van der Waals surface area contributed by atoms with Crippen molar-refractivity contribution < 1.29 is 23.2 Å². The normalized spacial score (nSPS) is 20.6. The van der Waals surface area contributed by atoms with Gasteiger partial charge >= 0.3 is 6.61 Å². The minimum atomic E-state index is -2.86. The van der Waals surface area contributed by atoms with Gasteiger partial charge in [0.2, 0.25) is 0 Å². The summed E-state index contributed by atoms with van der Waals surface area (Å²) < 4.78 is 29.2. The zero-order chi connectivity index (χ0) is 19.9. The van der Waals surface area contributed by atoms with E-state index in [0.717, 1.165) is 30.6 Å². The van der Waals surface area contributed by atoms with E-state index in [1.165, 1.54) is 23.5 Å². The first-order chi connectivity index (χ1) is 13.5. The quantitative estimate of drug-likeness (QED) is 0.765. The van der Waals surface area contributed by atoms with E-state index >= 15 is 0 Å². The van der Waals surface area contributed by atoms with Gasteiger partial charge in [-0.25, -0.2) is 0 Å². The van der Waals surface area contributed by atoms with Crippen LogP contribution in [-0.4, -0.2) is 32.2 Å². The molecule has 3 rings (SSSR count). The molecule has 0 spiro atoms. The lowest BCUT2D eigenvalue weighted by Gasteiger charge is -2.28. The third-order valence-corrected chi connectivity index (χ3v) is 5.15. The van der Waals surface area contributed by atoms with Crippen molar-refractivity contribution in [1.82, 2.24) is 5.32 Å². The number of carbonyl (C=O) groups excluding carboxylic acids is 1. The lowest BCUT2D eigenvalue weighted by atomic mass is 9.98. The van der Waals surface area contributed by atoms with Crippen molar-refractivity contribution in [3.05, 3.63) is 65.7 Å². The molecule has 0 aliphatic carbocycles. The molecule has 0 aromatic heterocycles. The number of piperidine rings is 1. The van der Waals surface area contributed by atoms with Gasteiger partial charge in [0.25, 0.3) is 5.91 Å². The van der Waals surface area contributed by atoms with Gasteiger partial charge in [0.15, 0.2) is 6.54 Å². The summed E-state index contributed by atoms with van der Waals surface area (Å²) in [4.78, 5) is 14.0. The second-order valence-electron chi connectivity index (χ2n) is 7.49. The Bertz CT molecular complexity index is 753. The number of rotatable bonds is 7. The van der Waals surface area contributed by atoms with Crippen molar-refractivity contribution >= 4 is 5.91 Å². The summed E-state index contributed by atoms with van der Waals surface area (Å²) in [5.74, 6) is 0.735. The molecule has 1 saturated heterocycles. The Kier molecular flexibility index (Phi) is 6.98. The zero-order valence-electron chi connectivity index (χ0n) is 16.0. The molecule has 2 aromatic carbocycles. The fraction of sp³-hybridized carbons (Fsp3) is 0.409. The van der Waals surface area contributed by atoms with Gasteiger partial charge in [-0.15, -0.1) is 0 Å². The summed E-state index contributed by atoms with van der Waals surface area (Å²) in [5.41, 5.74) is 1.77. The highest BCUT2D eigenvalue weighted by molar-refractivity contribution is 5.78. The molecule has 6 heteroatoms. The molecule has 1 aliphatic rings. The van der Waals surface area contributed by atoms with Crippen LogP contribution in [0.5, 0.6) is 5.75 Å². The number of halogens is 2. The monoisotopic (exact) mass is 389 g/mol. The van der Waals surface area contributed by atoms with E-state index in [1.54, 1.807) is 12.1 Å². The van der Waals surface area contributed by atoms with E-state index in [9.17, 15) is 13.6 Å². The Morgan fingerprint density at radius 1 is 1.14 bits per heavy atom. The van der Waals surface area contributed by atoms with Crippen molar-refractivity contribution in [3.63, 3.8) is 0 Å². The summed E-state index contributed by atoms with van der Waals surface area (Å²) in [6.07, 6.45) is 2.38.